The summed E-state index contributed by atoms with van der Waals surface area (Å²) in [6.07, 6.45) is 1.16. The van der Waals surface area contributed by atoms with Gasteiger partial charge in [0.05, 0.1) is 25.0 Å². The summed E-state index contributed by atoms with van der Waals surface area (Å²) in [7, 11) is 2.03. The maximum Gasteiger partial charge on any atom is 0.151 e. The van der Waals surface area contributed by atoms with Crippen molar-refractivity contribution in [3.05, 3.63) is 60.2 Å². The number of nitrogens with one attached hydrogen (secondary N) is 1. The number of fused-ring (bicyclic) bond motifs is 1. The minimum atomic E-state index is 0.180. The number of anilines is 1. The molecule has 0 saturated carbocycles. The predicted octanol–water partition coefficient (Wildman–Crippen LogP) is 3.17. The van der Waals surface area contributed by atoms with Gasteiger partial charge in [0.25, 0.3) is 0 Å². The lowest BCUT2D eigenvalue weighted by molar-refractivity contribution is 0.0339. The van der Waals surface area contributed by atoms with Crippen molar-refractivity contribution < 1.29 is 9.47 Å². The van der Waals surface area contributed by atoms with Gasteiger partial charge in [0.15, 0.2) is 5.82 Å². The third-order valence-electron chi connectivity index (χ3n) is 5.70. The summed E-state index contributed by atoms with van der Waals surface area (Å²) in [6.45, 7) is 4.12. The highest BCUT2D eigenvalue weighted by Gasteiger charge is 2.17. The van der Waals surface area contributed by atoms with Crippen molar-refractivity contribution in [1.82, 2.24) is 15.5 Å². The highest BCUT2D eigenvalue weighted by molar-refractivity contribution is 5.72. The fraction of sp³-hybridized carbons (Fsp3) is 0.333. The van der Waals surface area contributed by atoms with E-state index >= 15 is 0 Å². The number of rotatable bonds is 5. The summed E-state index contributed by atoms with van der Waals surface area (Å²) in [6, 6.07) is 18.9. The largest absolute Gasteiger partial charge is 0.493 e. The zero-order valence-corrected chi connectivity index (χ0v) is 17.2. The van der Waals surface area contributed by atoms with Crippen molar-refractivity contribution in [3.8, 4) is 28.1 Å². The summed E-state index contributed by atoms with van der Waals surface area (Å²) in [5, 5.41) is 12.3. The van der Waals surface area contributed by atoms with E-state index in [1.54, 1.807) is 0 Å². The van der Waals surface area contributed by atoms with Gasteiger partial charge in [-0.2, -0.15) is 0 Å². The summed E-state index contributed by atoms with van der Waals surface area (Å²) >= 11 is 0. The molecule has 30 heavy (non-hydrogen) atoms. The fourth-order valence-corrected chi connectivity index (χ4v) is 4.04. The van der Waals surface area contributed by atoms with Gasteiger partial charge in [-0.3, -0.25) is 0 Å². The Morgan fingerprint density at radius 3 is 2.73 bits per heavy atom. The van der Waals surface area contributed by atoms with Gasteiger partial charge in [-0.25, -0.2) is 0 Å². The van der Waals surface area contributed by atoms with Gasteiger partial charge in [0, 0.05) is 38.7 Å². The molecule has 1 aromatic heterocycles. The lowest BCUT2D eigenvalue weighted by Gasteiger charge is -2.28. The average molecular weight is 402 g/mol. The molecule has 5 rings (SSSR count). The van der Waals surface area contributed by atoms with E-state index in [0.29, 0.717) is 0 Å². The van der Waals surface area contributed by atoms with Gasteiger partial charge in [-0.05, 0) is 47.0 Å². The normalized spacial score (nSPS) is 18.0. The zero-order valence-electron chi connectivity index (χ0n) is 17.2. The van der Waals surface area contributed by atoms with Crippen molar-refractivity contribution >= 4 is 5.82 Å². The van der Waals surface area contributed by atoms with Crippen LogP contribution in [0.2, 0.25) is 0 Å². The molecule has 3 aromatic rings. The highest BCUT2D eigenvalue weighted by Crippen LogP contribution is 2.32. The van der Waals surface area contributed by atoms with Gasteiger partial charge in [-0.15, -0.1) is 10.2 Å². The molecule has 154 valence electrons. The molecule has 1 saturated heterocycles. The van der Waals surface area contributed by atoms with E-state index in [9.17, 15) is 0 Å². The van der Waals surface area contributed by atoms with Crippen LogP contribution in [0, 0.1) is 0 Å². The third-order valence-corrected chi connectivity index (χ3v) is 5.70. The molecule has 3 heterocycles. The molecule has 0 bridgehead atoms. The van der Waals surface area contributed by atoms with Crippen molar-refractivity contribution in [1.29, 1.82) is 0 Å². The Bertz CT molecular complexity index is 1020. The molecular weight excluding hydrogens is 376 g/mol. The molecule has 6 heteroatoms. The number of likely N-dealkylation sites (N-methyl/N-ethyl adjacent to an activating group) is 1. The zero-order chi connectivity index (χ0) is 20.3. The number of nitrogens with zero attached hydrogens (tertiary/aromatic N) is 3. The quantitative estimate of drug-likeness (QED) is 0.707. The number of aromatic nitrogens is 2. The van der Waals surface area contributed by atoms with Crippen molar-refractivity contribution in [2.45, 2.75) is 12.5 Å². The Balaban J connectivity index is 1.32. The van der Waals surface area contributed by atoms with Crippen LogP contribution in [0.15, 0.2) is 54.6 Å². The van der Waals surface area contributed by atoms with Crippen LogP contribution in [0.25, 0.3) is 22.4 Å². The average Bonchev–Trinajstić information content (AvgIpc) is 3.28. The molecule has 1 unspecified atom stereocenters. The van der Waals surface area contributed by atoms with Crippen LogP contribution < -0.4 is 15.0 Å². The van der Waals surface area contributed by atoms with E-state index in [-0.39, 0.29) is 6.10 Å². The number of hydrogen-bond donors (Lipinski definition) is 1. The predicted molar refractivity (Wildman–Crippen MR) is 118 cm³/mol. The molecule has 2 aliphatic heterocycles. The summed E-state index contributed by atoms with van der Waals surface area (Å²) < 4.78 is 11.4. The first-order valence-corrected chi connectivity index (χ1v) is 10.5. The van der Waals surface area contributed by atoms with Crippen molar-refractivity contribution in [2.24, 2.45) is 0 Å². The first-order valence-electron chi connectivity index (χ1n) is 10.5. The Morgan fingerprint density at radius 1 is 1.00 bits per heavy atom. The lowest BCUT2D eigenvalue weighted by atomic mass is 9.99. The Kier molecular flexibility index (Phi) is 5.34. The Labute approximate surface area is 176 Å². The molecule has 1 N–H and O–H groups in total. The molecular formula is C24H26N4O2. The second-order valence-corrected chi connectivity index (χ2v) is 7.86. The van der Waals surface area contributed by atoms with Gasteiger partial charge in [0.2, 0.25) is 0 Å². The molecule has 0 amide bonds. The second-order valence-electron chi connectivity index (χ2n) is 7.86. The Hall–Kier alpha value is -2.96. The number of morpholine rings is 1. The highest BCUT2D eigenvalue weighted by atomic mass is 16.5. The van der Waals surface area contributed by atoms with Crippen LogP contribution in [0.4, 0.5) is 5.82 Å². The molecule has 0 radical (unpaired) electrons. The van der Waals surface area contributed by atoms with E-state index in [2.05, 4.69) is 62.9 Å². The van der Waals surface area contributed by atoms with Crippen molar-refractivity contribution in [3.63, 3.8) is 0 Å². The summed E-state index contributed by atoms with van der Waals surface area (Å²) in [5.74, 6) is 1.86. The second kappa shape index (κ2) is 8.42. The van der Waals surface area contributed by atoms with Crippen LogP contribution in [0.3, 0.4) is 0 Å². The lowest BCUT2D eigenvalue weighted by Crippen LogP contribution is -2.44. The molecule has 2 aliphatic rings. The van der Waals surface area contributed by atoms with E-state index in [1.807, 2.05) is 19.2 Å². The Morgan fingerprint density at radius 2 is 1.90 bits per heavy atom. The standard InChI is InChI=1S/C24H26N4O2/c1-28(16-21-15-25-10-12-29-21)24-8-6-22(26-27-24)19-4-2-3-17(13-19)18-5-7-23-20(14-18)9-11-30-23/h2-8,13-14,21,25H,9-12,15-16H2,1H3. The third kappa shape index (κ3) is 4.01. The maximum atomic E-state index is 5.79. The van der Waals surface area contributed by atoms with E-state index < -0.39 is 0 Å². The van der Waals surface area contributed by atoms with Crippen LogP contribution in [-0.2, 0) is 11.2 Å². The minimum Gasteiger partial charge on any atom is -0.493 e. The molecule has 2 aromatic carbocycles. The van der Waals surface area contributed by atoms with Gasteiger partial charge in [0.1, 0.15) is 5.75 Å². The molecule has 1 fully saturated rings. The number of hydrogen-bond acceptors (Lipinski definition) is 6. The van der Waals surface area contributed by atoms with Crippen LogP contribution in [0.5, 0.6) is 5.75 Å². The van der Waals surface area contributed by atoms with Crippen molar-refractivity contribution in [2.75, 3.05) is 44.8 Å². The first-order chi connectivity index (χ1) is 14.8. The van der Waals surface area contributed by atoms with Crippen LogP contribution >= 0.6 is 0 Å². The van der Waals surface area contributed by atoms with Gasteiger partial charge >= 0.3 is 0 Å². The van der Waals surface area contributed by atoms with Crippen LogP contribution in [0.1, 0.15) is 5.56 Å². The van der Waals surface area contributed by atoms with Gasteiger partial charge in [-0.1, -0.05) is 24.3 Å². The smallest absolute Gasteiger partial charge is 0.151 e. The van der Waals surface area contributed by atoms with E-state index in [0.717, 1.165) is 62.1 Å². The minimum absolute atomic E-state index is 0.180. The molecule has 0 aliphatic carbocycles. The summed E-state index contributed by atoms with van der Waals surface area (Å²) in [4.78, 5) is 2.09. The van der Waals surface area contributed by atoms with E-state index in [1.165, 1.54) is 16.7 Å². The molecule has 6 nitrogen and oxygen atoms in total. The number of ether oxygens (including phenoxy) is 2. The fourth-order valence-electron chi connectivity index (χ4n) is 4.04. The van der Waals surface area contributed by atoms with E-state index in [4.69, 9.17) is 9.47 Å². The van der Waals surface area contributed by atoms with Crippen LogP contribution in [-0.4, -0.2) is 56.2 Å². The first kappa shape index (κ1) is 19.0. The summed E-state index contributed by atoms with van der Waals surface area (Å²) in [5.41, 5.74) is 5.58. The monoisotopic (exact) mass is 402 g/mol. The maximum absolute atomic E-state index is 5.79. The van der Waals surface area contributed by atoms with Gasteiger partial charge < -0.3 is 19.7 Å². The molecule has 1 atom stereocenters. The molecule has 0 spiro atoms. The SMILES string of the molecule is CN(CC1CNCCO1)c1ccc(-c2cccc(-c3ccc4c(c3)CCO4)c2)nn1. The topological polar surface area (TPSA) is 59.5 Å². The number of benzene rings is 2.